The molecule has 1 aromatic heterocycles. The molecule has 0 saturated heterocycles. The van der Waals surface area contributed by atoms with Crippen LogP contribution in [0.25, 0.3) is 0 Å². The summed E-state index contributed by atoms with van der Waals surface area (Å²) in [4.78, 5) is 2.70. The molecule has 0 amide bonds. The fourth-order valence-electron chi connectivity index (χ4n) is 3.01. The van der Waals surface area contributed by atoms with Gasteiger partial charge in [-0.05, 0) is 44.2 Å². The number of nitrogens with one attached hydrogen (secondary N) is 1. The lowest BCUT2D eigenvalue weighted by Crippen LogP contribution is -2.39. The van der Waals surface area contributed by atoms with E-state index in [2.05, 4.69) is 25.2 Å². The van der Waals surface area contributed by atoms with Gasteiger partial charge in [-0.2, -0.15) is 0 Å². The standard InChI is InChI=1S/C14H24N2OS/c1-9-6-12(10(2)18-9)14(7-15)16-13-5-3-4-11(13)8-17/h6,11,13-14,16-17H,3-5,7-8,15H2,1-2H3. The molecule has 18 heavy (non-hydrogen) atoms. The smallest absolute Gasteiger partial charge is 0.0474 e. The number of rotatable bonds is 5. The van der Waals surface area contributed by atoms with Crippen molar-refractivity contribution in [2.24, 2.45) is 11.7 Å². The first-order chi connectivity index (χ1) is 8.65. The first-order valence-electron chi connectivity index (χ1n) is 6.79. The summed E-state index contributed by atoms with van der Waals surface area (Å²) in [5, 5.41) is 13.0. The fraction of sp³-hybridized carbons (Fsp3) is 0.714. The monoisotopic (exact) mass is 268 g/mol. The highest BCUT2D eigenvalue weighted by Gasteiger charge is 2.29. The molecule has 0 spiro atoms. The van der Waals surface area contributed by atoms with Crippen LogP contribution >= 0.6 is 11.3 Å². The van der Waals surface area contributed by atoms with Crippen LogP contribution in [0.4, 0.5) is 0 Å². The highest BCUT2D eigenvalue weighted by molar-refractivity contribution is 7.12. The van der Waals surface area contributed by atoms with E-state index in [1.165, 1.54) is 21.7 Å². The van der Waals surface area contributed by atoms with Gasteiger partial charge < -0.3 is 16.2 Å². The van der Waals surface area contributed by atoms with Gasteiger partial charge in [0.1, 0.15) is 0 Å². The zero-order chi connectivity index (χ0) is 13.1. The van der Waals surface area contributed by atoms with Crippen LogP contribution in [-0.2, 0) is 0 Å². The molecule has 1 aromatic rings. The summed E-state index contributed by atoms with van der Waals surface area (Å²) in [6, 6.07) is 2.89. The number of aliphatic hydroxyl groups excluding tert-OH is 1. The SMILES string of the molecule is Cc1cc(C(CN)NC2CCCC2CO)c(C)s1. The van der Waals surface area contributed by atoms with Gasteiger partial charge in [-0.3, -0.25) is 0 Å². The van der Waals surface area contributed by atoms with E-state index >= 15 is 0 Å². The van der Waals surface area contributed by atoms with Crippen molar-refractivity contribution >= 4 is 11.3 Å². The molecule has 0 radical (unpaired) electrons. The minimum Gasteiger partial charge on any atom is -0.396 e. The van der Waals surface area contributed by atoms with Crippen LogP contribution in [0.5, 0.6) is 0 Å². The maximum atomic E-state index is 9.38. The molecule has 2 rings (SSSR count). The molecule has 4 N–H and O–H groups in total. The van der Waals surface area contributed by atoms with Gasteiger partial charge in [-0.25, -0.2) is 0 Å². The Morgan fingerprint density at radius 3 is 2.83 bits per heavy atom. The van der Waals surface area contributed by atoms with Gasteiger partial charge in [-0.15, -0.1) is 11.3 Å². The van der Waals surface area contributed by atoms with E-state index in [-0.39, 0.29) is 12.6 Å². The molecule has 0 aliphatic heterocycles. The van der Waals surface area contributed by atoms with Crippen molar-refractivity contribution in [3.63, 3.8) is 0 Å². The van der Waals surface area contributed by atoms with Gasteiger partial charge in [-0.1, -0.05) is 6.42 Å². The molecular weight excluding hydrogens is 244 g/mol. The minimum absolute atomic E-state index is 0.229. The topological polar surface area (TPSA) is 58.3 Å². The highest BCUT2D eigenvalue weighted by atomic mass is 32.1. The van der Waals surface area contributed by atoms with E-state index in [1.807, 2.05) is 11.3 Å². The first kappa shape index (κ1) is 14.0. The molecule has 3 unspecified atom stereocenters. The Hall–Kier alpha value is -0.420. The number of hydrogen-bond acceptors (Lipinski definition) is 4. The number of hydrogen-bond donors (Lipinski definition) is 3. The fourth-order valence-corrected chi connectivity index (χ4v) is 4.00. The Bertz CT molecular complexity index is 391. The summed E-state index contributed by atoms with van der Waals surface area (Å²) >= 11 is 1.83. The predicted molar refractivity (Wildman–Crippen MR) is 76.9 cm³/mol. The average Bonchev–Trinajstić information content (AvgIpc) is 2.92. The Morgan fingerprint density at radius 2 is 2.28 bits per heavy atom. The van der Waals surface area contributed by atoms with Crippen LogP contribution in [0.3, 0.4) is 0 Å². The van der Waals surface area contributed by atoms with Crippen LogP contribution in [0, 0.1) is 19.8 Å². The van der Waals surface area contributed by atoms with Crippen molar-refractivity contribution < 1.29 is 5.11 Å². The summed E-state index contributed by atoms with van der Waals surface area (Å²) in [6.45, 7) is 5.21. The van der Waals surface area contributed by atoms with Crippen LogP contribution in [0.1, 0.15) is 40.6 Å². The van der Waals surface area contributed by atoms with Gasteiger partial charge in [0.25, 0.3) is 0 Å². The van der Waals surface area contributed by atoms with Crippen LogP contribution < -0.4 is 11.1 Å². The van der Waals surface area contributed by atoms with Crippen molar-refractivity contribution in [1.29, 1.82) is 0 Å². The number of thiophene rings is 1. The lowest BCUT2D eigenvalue weighted by Gasteiger charge is -2.25. The van der Waals surface area contributed by atoms with E-state index in [0.29, 0.717) is 18.5 Å². The van der Waals surface area contributed by atoms with Crippen molar-refractivity contribution in [1.82, 2.24) is 5.32 Å². The zero-order valence-corrected chi connectivity index (χ0v) is 12.1. The Balaban J connectivity index is 2.07. The van der Waals surface area contributed by atoms with Gasteiger partial charge >= 0.3 is 0 Å². The summed E-state index contributed by atoms with van der Waals surface area (Å²) in [5.74, 6) is 0.402. The zero-order valence-electron chi connectivity index (χ0n) is 11.3. The second-order valence-corrected chi connectivity index (χ2v) is 6.76. The molecule has 4 heteroatoms. The van der Waals surface area contributed by atoms with Crippen LogP contribution in [0.2, 0.25) is 0 Å². The Morgan fingerprint density at radius 1 is 1.50 bits per heavy atom. The molecule has 0 aromatic carbocycles. The van der Waals surface area contributed by atoms with E-state index in [0.717, 1.165) is 12.8 Å². The molecule has 1 aliphatic carbocycles. The third-order valence-electron chi connectivity index (χ3n) is 4.00. The Labute approximate surface area is 113 Å². The van der Waals surface area contributed by atoms with Gasteiger partial charge in [0.05, 0.1) is 0 Å². The molecule has 1 aliphatic rings. The lowest BCUT2D eigenvalue weighted by atomic mass is 10.0. The normalized spacial score (nSPS) is 25.6. The number of aryl methyl sites for hydroxylation is 2. The summed E-state index contributed by atoms with van der Waals surface area (Å²) in [7, 11) is 0. The summed E-state index contributed by atoms with van der Waals surface area (Å²) < 4.78 is 0. The second kappa shape index (κ2) is 6.15. The van der Waals surface area contributed by atoms with E-state index < -0.39 is 0 Å². The van der Waals surface area contributed by atoms with E-state index in [9.17, 15) is 5.11 Å². The molecular formula is C14H24N2OS. The molecule has 1 fully saturated rings. The van der Waals surface area contributed by atoms with Gasteiger partial charge in [0.15, 0.2) is 0 Å². The van der Waals surface area contributed by atoms with Crippen molar-refractivity contribution in [2.75, 3.05) is 13.2 Å². The molecule has 102 valence electrons. The molecule has 0 bridgehead atoms. The van der Waals surface area contributed by atoms with Crippen LogP contribution in [0.15, 0.2) is 6.07 Å². The second-order valence-electron chi connectivity index (χ2n) is 5.30. The molecule has 1 heterocycles. The first-order valence-corrected chi connectivity index (χ1v) is 7.61. The van der Waals surface area contributed by atoms with E-state index in [4.69, 9.17) is 5.73 Å². The summed E-state index contributed by atoms with van der Waals surface area (Å²) in [5.41, 5.74) is 7.26. The average molecular weight is 268 g/mol. The van der Waals surface area contributed by atoms with E-state index in [1.54, 1.807) is 0 Å². The minimum atomic E-state index is 0.229. The molecule has 1 saturated carbocycles. The highest BCUT2D eigenvalue weighted by Crippen LogP contribution is 2.30. The largest absolute Gasteiger partial charge is 0.396 e. The Kier molecular flexibility index (Phi) is 4.78. The van der Waals surface area contributed by atoms with Gasteiger partial charge in [0.2, 0.25) is 0 Å². The lowest BCUT2D eigenvalue weighted by molar-refractivity contribution is 0.199. The van der Waals surface area contributed by atoms with Gasteiger partial charge in [0, 0.05) is 35.0 Å². The summed E-state index contributed by atoms with van der Waals surface area (Å²) in [6.07, 6.45) is 3.50. The number of nitrogens with two attached hydrogens (primary N) is 1. The number of aliphatic hydroxyl groups is 1. The van der Waals surface area contributed by atoms with Crippen molar-refractivity contribution in [3.8, 4) is 0 Å². The predicted octanol–water partition coefficient (Wildman–Crippen LogP) is 2.12. The van der Waals surface area contributed by atoms with Crippen molar-refractivity contribution in [3.05, 3.63) is 21.4 Å². The maximum absolute atomic E-state index is 9.38. The van der Waals surface area contributed by atoms with Crippen molar-refractivity contribution in [2.45, 2.75) is 45.2 Å². The van der Waals surface area contributed by atoms with Crippen LogP contribution in [-0.4, -0.2) is 24.3 Å². The maximum Gasteiger partial charge on any atom is 0.0474 e. The quantitative estimate of drug-likeness (QED) is 0.766. The molecule has 3 atom stereocenters. The third kappa shape index (κ3) is 2.94. The molecule has 3 nitrogen and oxygen atoms in total. The third-order valence-corrected chi connectivity index (χ3v) is 4.98.